The van der Waals surface area contributed by atoms with E-state index in [0.29, 0.717) is 32.8 Å². The molecule has 2 fully saturated rings. The Labute approximate surface area is 163 Å². The first kappa shape index (κ1) is 18.4. The van der Waals surface area contributed by atoms with Crippen LogP contribution in [0.15, 0.2) is 24.3 Å². The van der Waals surface area contributed by atoms with Gasteiger partial charge in [0.25, 0.3) is 5.91 Å². The number of likely N-dealkylation sites (N-methyl/N-ethyl adjacent to an activating group) is 1. The van der Waals surface area contributed by atoms with Crippen LogP contribution in [-0.2, 0) is 9.53 Å². The van der Waals surface area contributed by atoms with E-state index >= 15 is 0 Å². The Hall–Kier alpha value is -1.96. The van der Waals surface area contributed by atoms with Gasteiger partial charge >= 0.3 is 0 Å². The highest BCUT2D eigenvalue weighted by molar-refractivity contribution is 7.21. The van der Waals surface area contributed by atoms with E-state index in [2.05, 4.69) is 24.1 Å². The molecule has 1 aromatic heterocycles. The van der Waals surface area contributed by atoms with Gasteiger partial charge in [0.15, 0.2) is 0 Å². The van der Waals surface area contributed by atoms with Crippen LogP contribution in [0.1, 0.15) is 28.3 Å². The maximum Gasteiger partial charge on any atom is 0.264 e. The van der Waals surface area contributed by atoms with Gasteiger partial charge in [-0.05, 0) is 18.5 Å². The molecular weight excluding hydrogens is 362 g/mol. The van der Waals surface area contributed by atoms with Crippen LogP contribution in [0.3, 0.4) is 0 Å². The number of hydrogen-bond acceptors (Lipinski definition) is 5. The van der Waals surface area contributed by atoms with E-state index in [4.69, 9.17) is 4.74 Å². The topological polar surface area (TPSA) is 53.1 Å². The highest BCUT2D eigenvalue weighted by Gasteiger charge is 2.32. The first-order chi connectivity index (χ1) is 13.0. The molecule has 2 saturated heterocycles. The molecule has 0 radical (unpaired) electrons. The number of piperazine rings is 1. The van der Waals surface area contributed by atoms with Gasteiger partial charge in [-0.3, -0.25) is 9.59 Å². The number of fused-ring (bicyclic) bond motifs is 1. The molecule has 27 heavy (non-hydrogen) atoms. The van der Waals surface area contributed by atoms with Gasteiger partial charge in [-0.1, -0.05) is 18.2 Å². The van der Waals surface area contributed by atoms with Gasteiger partial charge < -0.3 is 19.4 Å². The van der Waals surface area contributed by atoms with Crippen LogP contribution in [0.4, 0.5) is 0 Å². The first-order valence-electron chi connectivity index (χ1n) is 9.41. The number of benzene rings is 1. The Kier molecular flexibility index (Phi) is 5.16. The second-order valence-corrected chi connectivity index (χ2v) is 8.31. The lowest BCUT2D eigenvalue weighted by Crippen LogP contribution is -2.50. The van der Waals surface area contributed by atoms with Gasteiger partial charge in [-0.2, -0.15) is 0 Å². The molecule has 2 aromatic rings. The molecule has 0 saturated carbocycles. The van der Waals surface area contributed by atoms with Gasteiger partial charge in [0.2, 0.25) is 5.91 Å². The predicted octanol–water partition coefficient (Wildman–Crippen LogP) is 2.21. The number of amides is 2. The molecule has 0 spiro atoms. The number of rotatable bonds is 2. The average molecular weight is 388 g/mol. The molecule has 2 aliphatic rings. The lowest BCUT2D eigenvalue weighted by molar-refractivity contribution is -0.130. The van der Waals surface area contributed by atoms with E-state index in [-0.39, 0.29) is 17.9 Å². The summed E-state index contributed by atoms with van der Waals surface area (Å²) in [7, 11) is 2.09. The van der Waals surface area contributed by atoms with Gasteiger partial charge in [0.05, 0.1) is 17.6 Å². The smallest absolute Gasteiger partial charge is 0.264 e. The molecule has 2 amide bonds. The SMILES string of the molecule is CC(=O)N1CCN(C(=O)c2sc3ccccc3c2[C@@H]2CN(C)CCO2)CC1. The van der Waals surface area contributed by atoms with Crippen molar-refractivity contribution in [3.8, 4) is 0 Å². The number of hydrogen-bond donors (Lipinski definition) is 0. The molecule has 3 heterocycles. The molecule has 1 atom stereocenters. The summed E-state index contributed by atoms with van der Waals surface area (Å²) in [5.74, 6) is 0.134. The number of ether oxygens (including phenoxy) is 1. The Morgan fingerprint density at radius 3 is 2.48 bits per heavy atom. The van der Waals surface area contributed by atoms with Crippen molar-refractivity contribution in [2.24, 2.45) is 0 Å². The quantitative estimate of drug-likeness (QED) is 0.793. The second-order valence-electron chi connectivity index (χ2n) is 7.26. The molecule has 4 rings (SSSR count). The fourth-order valence-corrected chi connectivity index (χ4v) is 5.09. The van der Waals surface area contributed by atoms with Gasteiger partial charge in [-0.15, -0.1) is 11.3 Å². The summed E-state index contributed by atoms with van der Waals surface area (Å²) in [5, 5.41) is 1.12. The Balaban J connectivity index is 1.66. The van der Waals surface area contributed by atoms with Crippen molar-refractivity contribution < 1.29 is 14.3 Å². The highest BCUT2D eigenvalue weighted by atomic mass is 32.1. The maximum absolute atomic E-state index is 13.4. The van der Waals surface area contributed by atoms with Crippen LogP contribution in [0.25, 0.3) is 10.1 Å². The molecule has 7 heteroatoms. The lowest BCUT2D eigenvalue weighted by Gasteiger charge is -2.35. The third kappa shape index (κ3) is 3.59. The van der Waals surface area contributed by atoms with Crippen molar-refractivity contribution in [3.05, 3.63) is 34.7 Å². The third-order valence-corrected chi connectivity index (χ3v) is 6.61. The van der Waals surface area contributed by atoms with Crippen molar-refractivity contribution >= 4 is 33.2 Å². The predicted molar refractivity (Wildman–Crippen MR) is 106 cm³/mol. The Morgan fingerprint density at radius 2 is 1.78 bits per heavy atom. The van der Waals surface area contributed by atoms with E-state index in [0.717, 1.165) is 33.6 Å². The van der Waals surface area contributed by atoms with Crippen molar-refractivity contribution in [1.82, 2.24) is 14.7 Å². The zero-order chi connectivity index (χ0) is 19.0. The van der Waals surface area contributed by atoms with Gasteiger partial charge in [0, 0.05) is 56.5 Å². The van der Waals surface area contributed by atoms with Gasteiger partial charge in [-0.25, -0.2) is 0 Å². The molecule has 0 N–H and O–H groups in total. The van der Waals surface area contributed by atoms with Crippen molar-refractivity contribution in [2.75, 3.05) is 52.9 Å². The largest absolute Gasteiger partial charge is 0.371 e. The van der Waals surface area contributed by atoms with E-state index in [1.165, 1.54) is 0 Å². The highest BCUT2D eigenvalue weighted by Crippen LogP contribution is 2.38. The number of thiophene rings is 1. The lowest BCUT2D eigenvalue weighted by atomic mass is 10.0. The number of nitrogens with zero attached hydrogens (tertiary/aromatic N) is 3. The fourth-order valence-electron chi connectivity index (χ4n) is 3.86. The molecule has 0 unspecified atom stereocenters. The maximum atomic E-state index is 13.4. The second kappa shape index (κ2) is 7.58. The monoisotopic (exact) mass is 387 g/mol. The molecule has 1 aromatic carbocycles. The minimum Gasteiger partial charge on any atom is -0.371 e. The molecule has 2 aliphatic heterocycles. The molecule has 0 bridgehead atoms. The van der Waals surface area contributed by atoms with Crippen molar-refractivity contribution in [1.29, 1.82) is 0 Å². The van der Waals surface area contributed by atoms with Crippen molar-refractivity contribution in [3.63, 3.8) is 0 Å². The van der Waals surface area contributed by atoms with Gasteiger partial charge in [0.1, 0.15) is 0 Å². The molecule has 6 nitrogen and oxygen atoms in total. The average Bonchev–Trinajstić information content (AvgIpc) is 3.07. The molecule has 0 aliphatic carbocycles. The van der Waals surface area contributed by atoms with Crippen LogP contribution in [0, 0.1) is 0 Å². The molecular formula is C20H25N3O3S. The van der Waals surface area contributed by atoms with Crippen LogP contribution < -0.4 is 0 Å². The minimum atomic E-state index is -0.0858. The summed E-state index contributed by atoms with van der Waals surface area (Å²) >= 11 is 1.56. The van der Waals surface area contributed by atoms with E-state index in [9.17, 15) is 9.59 Å². The number of carbonyl (C=O) groups excluding carboxylic acids is 2. The summed E-state index contributed by atoms with van der Waals surface area (Å²) in [6.45, 7) is 6.33. The third-order valence-electron chi connectivity index (χ3n) is 5.43. The zero-order valence-corrected chi connectivity index (χ0v) is 16.6. The normalized spacial score (nSPS) is 21.6. The fraction of sp³-hybridized carbons (Fsp3) is 0.500. The van der Waals surface area contributed by atoms with Crippen LogP contribution in [-0.4, -0.2) is 79.4 Å². The summed E-state index contributed by atoms with van der Waals surface area (Å²) in [4.78, 5) is 31.6. The van der Waals surface area contributed by atoms with E-state index in [1.807, 2.05) is 17.0 Å². The van der Waals surface area contributed by atoms with Crippen LogP contribution >= 0.6 is 11.3 Å². The minimum absolute atomic E-state index is 0.0613. The summed E-state index contributed by atoms with van der Waals surface area (Å²) < 4.78 is 7.19. The standard InChI is InChI=1S/C20H25N3O3S/c1-14(24)22-7-9-23(10-8-22)20(25)19-18(16-13-21(2)11-12-26-16)15-5-3-4-6-17(15)27-19/h3-6,16H,7-13H2,1-2H3/t16-/m0/s1. The summed E-state index contributed by atoms with van der Waals surface area (Å²) in [5.41, 5.74) is 1.03. The van der Waals surface area contributed by atoms with Crippen LogP contribution in [0.2, 0.25) is 0 Å². The molecule has 144 valence electrons. The van der Waals surface area contributed by atoms with Crippen LogP contribution in [0.5, 0.6) is 0 Å². The number of carbonyl (C=O) groups is 2. The van der Waals surface area contributed by atoms with E-state index < -0.39 is 0 Å². The van der Waals surface area contributed by atoms with E-state index in [1.54, 1.807) is 23.2 Å². The zero-order valence-electron chi connectivity index (χ0n) is 15.8. The Morgan fingerprint density at radius 1 is 1.07 bits per heavy atom. The Bertz CT molecular complexity index is 857. The summed E-state index contributed by atoms with van der Waals surface area (Å²) in [6.07, 6.45) is -0.0858. The summed E-state index contributed by atoms with van der Waals surface area (Å²) in [6, 6.07) is 8.19. The first-order valence-corrected chi connectivity index (χ1v) is 10.2. The number of morpholine rings is 1. The van der Waals surface area contributed by atoms with Crippen molar-refractivity contribution in [2.45, 2.75) is 13.0 Å².